The number of anilines is 1. The van der Waals surface area contributed by atoms with Gasteiger partial charge in [0.1, 0.15) is 5.82 Å². The number of benzene rings is 1. The summed E-state index contributed by atoms with van der Waals surface area (Å²) in [5.41, 5.74) is 2.46. The number of aromatic nitrogens is 1. The summed E-state index contributed by atoms with van der Waals surface area (Å²) in [7, 11) is 1.79. The highest BCUT2D eigenvalue weighted by atomic mass is 79.9. The molecule has 0 aliphatic heterocycles. The fourth-order valence-electron chi connectivity index (χ4n) is 2.73. The minimum atomic E-state index is -0.0401. The normalized spacial score (nSPS) is 16.8. The molecule has 0 saturated carbocycles. The van der Waals surface area contributed by atoms with Gasteiger partial charge in [-0.15, -0.1) is 0 Å². The Labute approximate surface area is 126 Å². The van der Waals surface area contributed by atoms with Gasteiger partial charge in [0.2, 0.25) is 5.91 Å². The number of fused-ring (bicyclic) bond motifs is 1. The maximum absolute atomic E-state index is 12.7. The molecule has 1 heterocycles. The van der Waals surface area contributed by atoms with Crippen molar-refractivity contribution in [1.29, 1.82) is 0 Å². The van der Waals surface area contributed by atoms with Crippen molar-refractivity contribution in [3.63, 3.8) is 0 Å². The molecular weight excluding hydrogens is 316 g/mol. The molecule has 3 rings (SSSR count). The first-order valence-electron chi connectivity index (χ1n) is 6.64. The molecule has 0 unspecified atom stereocenters. The van der Waals surface area contributed by atoms with E-state index in [9.17, 15) is 4.79 Å². The van der Waals surface area contributed by atoms with Crippen molar-refractivity contribution in [2.45, 2.75) is 18.8 Å². The second-order valence-corrected chi connectivity index (χ2v) is 5.94. The highest BCUT2D eigenvalue weighted by molar-refractivity contribution is 9.10. The SMILES string of the molecule is CN(C(=O)[C@H]1CCc2ccccc21)c1ccc(Br)cn1. The molecule has 0 bridgehead atoms. The smallest absolute Gasteiger partial charge is 0.235 e. The topological polar surface area (TPSA) is 33.2 Å². The number of aryl methyl sites for hydroxylation is 1. The molecule has 1 atom stereocenters. The van der Waals surface area contributed by atoms with Crippen LogP contribution in [-0.4, -0.2) is 17.9 Å². The third-order valence-corrected chi connectivity index (χ3v) is 4.29. The van der Waals surface area contributed by atoms with Crippen LogP contribution in [0.4, 0.5) is 5.82 Å². The van der Waals surface area contributed by atoms with Crippen molar-refractivity contribution >= 4 is 27.7 Å². The third-order valence-electron chi connectivity index (χ3n) is 3.82. The summed E-state index contributed by atoms with van der Waals surface area (Å²) in [6, 6.07) is 12.0. The van der Waals surface area contributed by atoms with Gasteiger partial charge >= 0.3 is 0 Å². The Morgan fingerprint density at radius 2 is 2.10 bits per heavy atom. The van der Waals surface area contributed by atoms with E-state index < -0.39 is 0 Å². The number of hydrogen-bond acceptors (Lipinski definition) is 2. The summed E-state index contributed by atoms with van der Waals surface area (Å²) < 4.78 is 0.910. The van der Waals surface area contributed by atoms with Gasteiger partial charge in [0.25, 0.3) is 0 Å². The number of amides is 1. The van der Waals surface area contributed by atoms with E-state index in [-0.39, 0.29) is 11.8 Å². The minimum Gasteiger partial charge on any atom is -0.299 e. The molecule has 1 aliphatic carbocycles. The van der Waals surface area contributed by atoms with Gasteiger partial charge in [0.15, 0.2) is 0 Å². The number of pyridine rings is 1. The predicted molar refractivity (Wildman–Crippen MR) is 82.9 cm³/mol. The van der Waals surface area contributed by atoms with Gasteiger partial charge in [0.05, 0.1) is 5.92 Å². The maximum atomic E-state index is 12.7. The quantitative estimate of drug-likeness (QED) is 0.843. The number of rotatable bonds is 2. The zero-order chi connectivity index (χ0) is 14.1. The van der Waals surface area contributed by atoms with E-state index in [1.165, 1.54) is 11.1 Å². The van der Waals surface area contributed by atoms with E-state index in [1.54, 1.807) is 18.1 Å². The highest BCUT2D eigenvalue weighted by Gasteiger charge is 2.30. The Hall–Kier alpha value is -1.68. The van der Waals surface area contributed by atoms with Crippen molar-refractivity contribution in [2.24, 2.45) is 0 Å². The first-order chi connectivity index (χ1) is 9.66. The van der Waals surface area contributed by atoms with Crippen LogP contribution < -0.4 is 4.90 Å². The first kappa shape index (κ1) is 13.3. The van der Waals surface area contributed by atoms with Gasteiger partial charge in [0, 0.05) is 17.7 Å². The molecule has 102 valence electrons. The molecule has 1 aliphatic rings. The van der Waals surface area contributed by atoms with Crippen LogP contribution in [0.2, 0.25) is 0 Å². The Balaban J connectivity index is 1.85. The van der Waals surface area contributed by atoms with Crippen molar-refractivity contribution < 1.29 is 4.79 Å². The van der Waals surface area contributed by atoms with Gasteiger partial charge in [-0.3, -0.25) is 9.69 Å². The highest BCUT2D eigenvalue weighted by Crippen LogP contribution is 2.34. The number of carbonyl (C=O) groups is 1. The minimum absolute atomic E-state index is 0.0401. The molecule has 1 amide bonds. The van der Waals surface area contributed by atoms with Crippen LogP contribution in [-0.2, 0) is 11.2 Å². The second-order valence-electron chi connectivity index (χ2n) is 5.02. The Bertz CT molecular complexity index is 639. The van der Waals surface area contributed by atoms with Gasteiger partial charge < -0.3 is 0 Å². The molecule has 0 N–H and O–H groups in total. The molecule has 0 saturated heterocycles. The number of carbonyl (C=O) groups excluding carboxylic acids is 1. The second kappa shape index (κ2) is 5.37. The van der Waals surface area contributed by atoms with Gasteiger partial charge in [-0.2, -0.15) is 0 Å². The fraction of sp³-hybridized carbons (Fsp3) is 0.250. The number of halogens is 1. The van der Waals surface area contributed by atoms with Crippen LogP contribution in [0.5, 0.6) is 0 Å². The molecule has 4 heteroatoms. The van der Waals surface area contributed by atoms with Crippen LogP contribution >= 0.6 is 15.9 Å². The molecule has 3 nitrogen and oxygen atoms in total. The van der Waals surface area contributed by atoms with Crippen LogP contribution in [0.1, 0.15) is 23.5 Å². The number of likely N-dealkylation sites (N-methyl/N-ethyl adjacent to an activating group) is 1. The van der Waals surface area contributed by atoms with Gasteiger partial charge in [-0.1, -0.05) is 24.3 Å². The Kier molecular flexibility index (Phi) is 3.57. The van der Waals surface area contributed by atoms with Crippen LogP contribution in [0.25, 0.3) is 0 Å². The van der Waals surface area contributed by atoms with Crippen LogP contribution in [0.15, 0.2) is 47.1 Å². The fourth-order valence-corrected chi connectivity index (χ4v) is 2.96. The summed E-state index contributed by atoms with van der Waals surface area (Å²) in [4.78, 5) is 18.6. The van der Waals surface area contributed by atoms with E-state index in [4.69, 9.17) is 0 Å². The van der Waals surface area contributed by atoms with E-state index in [0.29, 0.717) is 5.82 Å². The summed E-state index contributed by atoms with van der Waals surface area (Å²) in [6.45, 7) is 0. The van der Waals surface area contributed by atoms with Crippen molar-refractivity contribution in [1.82, 2.24) is 4.98 Å². The molecule has 1 aromatic heterocycles. The molecule has 0 radical (unpaired) electrons. The van der Waals surface area contributed by atoms with Gasteiger partial charge in [-0.25, -0.2) is 4.98 Å². The molecular formula is C16H15BrN2O. The van der Waals surface area contributed by atoms with Crippen molar-refractivity contribution in [3.8, 4) is 0 Å². The zero-order valence-electron chi connectivity index (χ0n) is 11.2. The van der Waals surface area contributed by atoms with Crippen molar-refractivity contribution in [3.05, 3.63) is 58.2 Å². The van der Waals surface area contributed by atoms with Gasteiger partial charge in [-0.05, 0) is 52.0 Å². The number of hydrogen-bond donors (Lipinski definition) is 0. The first-order valence-corrected chi connectivity index (χ1v) is 7.43. The molecule has 2 aromatic rings. The summed E-state index contributed by atoms with van der Waals surface area (Å²) >= 11 is 3.35. The van der Waals surface area contributed by atoms with Crippen molar-refractivity contribution in [2.75, 3.05) is 11.9 Å². The lowest BCUT2D eigenvalue weighted by atomic mass is 10.00. The Morgan fingerprint density at radius 1 is 1.30 bits per heavy atom. The lowest BCUT2D eigenvalue weighted by Gasteiger charge is -2.20. The molecule has 1 aromatic carbocycles. The summed E-state index contributed by atoms with van der Waals surface area (Å²) in [5, 5.41) is 0. The lowest BCUT2D eigenvalue weighted by Crippen LogP contribution is -2.31. The van der Waals surface area contributed by atoms with E-state index in [1.807, 2.05) is 24.3 Å². The molecule has 0 spiro atoms. The van der Waals surface area contributed by atoms with E-state index in [2.05, 4.69) is 33.0 Å². The maximum Gasteiger partial charge on any atom is 0.235 e. The van der Waals surface area contributed by atoms with Crippen LogP contribution in [0, 0.1) is 0 Å². The lowest BCUT2D eigenvalue weighted by molar-refractivity contribution is -0.119. The standard InChI is InChI=1S/C16H15BrN2O/c1-19(15-9-7-12(17)10-18-15)16(20)14-8-6-11-4-2-3-5-13(11)14/h2-5,7,9-10,14H,6,8H2,1H3/t14-/m0/s1. The summed E-state index contributed by atoms with van der Waals surface area (Å²) in [5.74, 6) is 0.758. The third kappa shape index (κ3) is 2.36. The zero-order valence-corrected chi connectivity index (χ0v) is 12.8. The average Bonchev–Trinajstić information content (AvgIpc) is 2.90. The van der Waals surface area contributed by atoms with E-state index >= 15 is 0 Å². The number of nitrogens with zero attached hydrogens (tertiary/aromatic N) is 2. The average molecular weight is 331 g/mol. The predicted octanol–water partition coefficient (Wildman–Crippen LogP) is 3.54. The Morgan fingerprint density at radius 3 is 2.85 bits per heavy atom. The summed E-state index contributed by atoms with van der Waals surface area (Å²) in [6.07, 6.45) is 3.58. The largest absolute Gasteiger partial charge is 0.299 e. The monoisotopic (exact) mass is 330 g/mol. The molecule has 0 fully saturated rings. The van der Waals surface area contributed by atoms with Crippen LogP contribution in [0.3, 0.4) is 0 Å². The van der Waals surface area contributed by atoms with E-state index in [0.717, 1.165) is 17.3 Å². The molecule has 20 heavy (non-hydrogen) atoms.